The molecular formula is C21H26N4O2S. The highest BCUT2D eigenvalue weighted by Gasteiger charge is 2.38. The SMILES string of the molecule is Cc1nc(C)c(C(=O)N2CC[C@H]3C(=O)NCCN(c4ccccc4)[C@H]3CC2)s1. The van der Waals surface area contributed by atoms with Crippen LogP contribution in [0.2, 0.25) is 0 Å². The molecule has 4 rings (SSSR count). The normalized spacial score (nSPS) is 22.9. The van der Waals surface area contributed by atoms with Crippen LogP contribution in [0.3, 0.4) is 0 Å². The number of nitrogens with one attached hydrogen (secondary N) is 1. The molecule has 2 fully saturated rings. The minimum absolute atomic E-state index is 0.0474. The number of fused-ring (bicyclic) bond motifs is 1. The van der Waals surface area contributed by atoms with Crippen molar-refractivity contribution in [3.05, 3.63) is 45.9 Å². The molecule has 0 spiro atoms. The zero-order chi connectivity index (χ0) is 19.7. The number of hydrogen-bond acceptors (Lipinski definition) is 5. The third kappa shape index (κ3) is 3.63. The number of benzene rings is 1. The van der Waals surface area contributed by atoms with Crippen LogP contribution in [0.5, 0.6) is 0 Å². The fraction of sp³-hybridized carbons (Fsp3) is 0.476. The maximum Gasteiger partial charge on any atom is 0.265 e. The van der Waals surface area contributed by atoms with Gasteiger partial charge in [0, 0.05) is 37.9 Å². The van der Waals surface area contributed by atoms with Gasteiger partial charge in [-0.3, -0.25) is 9.59 Å². The van der Waals surface area contributed by atoms with Crippen LogP contribution in [0.25, 0.3) is 0 Å². The highest BCUT2D eigenvalue weighted by atomic mass is 32.1. The van der Waals surface area contributed by atoms with Gasteiger partial charge in [-0.25, -0.2) is 4.98 Å². The lowest BCUT2D eigenvalue weighted by Crippen LogP contribution is -2.43. The first kappa shape index (κ1) is 18.9. The van der Waals surface area contributed by atoms with E-state index in [1.54, 1.807) is 0 Å². The standard InChI is InChI=1S/C21H26N4O2S/c1-14-19(28-15(2)23-14)21(27)24-11-8-17-18(9-12-24)25(13-10-22-20(17)26)16-6-4-3-5-7-16/h3-7,17-18H,8-13H2,1-2H3,(H,22,26)/t17-,18+/m1/s1. The van der Waals surface area contributed by atoms with Crippen molar-refractivity contribution in [2.45, 2.75) is 32.7 Å². The quantitative estimate of drug-likeness (QED) is 0.845. The van der Waals surface area contributed by atoms with E-state index >= 15 is 0 Å². The van der Waals surface area contributed by atoms with Crippen LogP contribution < -0.4 is 10.2 Å². The Bertz CT molecular complexity index is 867. The Kier molecular flexibility index (Phi) is 5.35. The van der Waals surface area contributed by atoms with E-state index in [0.717, 1.165) is 34.2 Å². The van der Waals surface area contributed by atoms with Gasteiger partial charge in [0.1, 0.15) is 4.88 Å². The number of para-hydroxylation sites is 1. The van der Waals surface area contributed by atoms with Crippen LogP contribution in [0.4, 0.5) is 5.69 Å². The second kappa shape index (κ2) is 7.91. The van der Waals surface area contributed by atoms with Gasteiger partial charge in [-0.1, -0.05) is 18.2 Å². The van der Waals surface area contributed by atoms with Crippen LogP contribution in [0.15, 0.2) is 30.3 Å². The summed E-state index contributed by atoms with van der Waals surface area (Å²) in [6, 6.07) is 10.4. The molecular weight excluding hydrogens is 372 g/mol. The van der Waals surface area contributed by atoms with Gasteiger partial charge in [0.15, 0.2) is 0 Å². The van der Waals surface area contributed by atoms with Gasteiger partial charge in [-0.15, -0.1) is 11.3 Å². The molecule has 2 aliphatic heterocycles. The second-order valence-corrected chi connectivity index (χ2v) is 8.71. The van der Waals surface area contributed by atoms with Crippen LogP contribution >= 0.6 is 11.3 Å². The predicted molar refractivity (Wildman–Crippen MR) is 111 cm³/mol. The highest BCUT2D eigenvalue weighted by molar-refractivity contribution is 7.13. The number of thiazole rings is 1. The van der Waals surface area contributed by atoms with Crippen LogP contribution in [-0.4, -0.2) is 53.9 Å². The summed E-state index contributed by atoms with van der Waals surface area (Å²) in [5, 5.41) is 3.98. The summed E-state index contributed by atoms with van der Waals surface area (Å²) in [7, 11) is 0. The van der Waals surface area contributed by atoms with Gasteiger partial charge in [-0.05, 0) is 38.8 Å². The second-order valence-electron chi connectivity index (χ2n) is 7.51. The van der Waals surface area contributed by atoms with Gasteiger partial charge >= 0.3 is 0 Å². The maximum absolute atomic E-state index is 13.1. The van der Waals surface area contributed by atoms with Crippen molar-refractivity contribution < 1.29 is 9.59 Å². The van der Waals surface area contributed by atoms with E-state index in [9.17, 15) is 9.59 Å². The summed E-state index contributed by atoms with van der Waals surface area (Å²) in [5.74, 6) is 0.0542. The lowest BCUT2D eigenvalue weighted by atomic mass is 9.92. The molecule has 2 saturated heterocycles. The summed E-state index contributed by atoms with van der Waals surface area (Å²) >= 11 is 1.46. The first-order valence-corrected chi connectivity index (χ1v) is 10.7. The van der Waals surface area contributed by atoms with E-state index in [-0.39, 0.29) is 23.8 Å². The monoisotopic (exact) mass is 398 g/mol. The summed E-state index contributed by atoms with van der Waals surface area (Å²) in [5.41, 5.74) is 1.94. The minimum atomic E-state index is -0.107. The Morgan fingerprint density at radius 2 is 1.89 bits per heavy atom. The first-order valence-electron chi connectivity index (χ1n) is 9.87. The molecule has 28 heavy (non-hydrogen) atoms. The zero-order valence-corrected chi connectivity index (χ0v) is 17.2. The number of amides is 2. The van der Waals surface area contributed by atoms with Crippen molar-refractivity contribution in [1.82, 2.24) is 15.2 Å². The third-order valence-electron chi connectivity index (χ3n) is 5.73. The first-order chi connectivity index (χ1) is 13.5. The Hall–Kier alpha value is -2.41. The summed E-state index contributed by atoms with van der Waals surface area (Å²) in [4.78, 5) is 35.2. The number of hydrogen-bond donors (Lipinski definition) is 1. The smallest absolute Gasteiger partial charge is 0.265 e. The Labute approximate surface area is 169 Å². The molecule has 1 aromatic heterocycles. The predicted octanol–water partition coefficient (Wildman–Crippen LogP) is 2.62. The van der Waals surface area contributed by atoms with Gasteiger partial charge in [-0.2, -0.15) is 0 Å². The van der Waals surface area contributed by atoms with Gasteiger partial charge in [0.25, 0.3) is 5.91 Å². The van der Waals surface area contributed by atoms with Crippen molar-refractivity contribution in [3.8, 4) is 0 Å². The molecule has 2 aromatic rings. The van der Waals surface area contributed by atoms with Crippen molar-refractivity contribution in [3.63, 3.8) is 0 Å². The average Bonchev–Trinajstić information content (AvgIpc) is 2.86. The number of carbonyl (C=O) groups excluding carboxylic acids is 2. The topological polar surface area (TPSA) is 65.5 Å². The zero-order valence-electron chi connectivity index (χ0n) is 16.4. The number of nitrogens with zero attached hydrogens (tertiary/aromatic N) is 3. The van der Waals surface area contributed by atoms with E-state index in [2.05, 4.69) is 27.3 Å². The highest BCUT2D eigenvalue weighted by Crippen LogP contribution is 2.30. The average molecular weight is 399 g/mol. The van der Waals surface area contributed by atoms with Crippen molar-refractivity contribution in [2.75, 3.05) is 31.1 Å². The number of carbonyl (C=O) groups is 2. The van der Waals surface area contributed by atoms with Gasteiger partial charge in [0.2, 0.25) is 5.91 Å². The Balaban J connectivity index is 1.58. The molecule has 6 nitrogen and oxygen atoms in total. The molecule has 7 heteroatoms. The van der Waals surface area contributed by atoms with Crippen molar-refractivity contribution in [1.29, 1.82) is 0 Å². The third-order valence-corrected chi connectivity index (χ3v) is 6.79. The molecule has 1 N–H and O–H groups in total. The molecule has 0 saturated carbocycles. The molecule has 2 atom stereocenters. The number of likely N-dealkylation sites (tertiary alicyclic amines) is 1. The van der Waals surface area contributed by atoms with E-state index in [0.29, 0.717) is 26.1 Å². The largest absolute Gasteiger partial charge is 0.366 e. The van der Waals surface area contributed by atoms with Gasteiger partial charge < -0.3 is 15.1 Å². The molecule has 1 aromatic carbocycles. The maximum atomic E-state index is 13.1. The van der Waals surface area contributed by atoms with Crippen LogP contribution in [0.1, 0.15) is 33.2 Å². The molecule has 148 valence electrons. The Morgan fingerprint density at radius 3 is 2.61 bits per heavy atom. The summed E-state index contributed by atoms with van der Waals surface area (Å²) in [6.07, 6.45) is 1.47. The van der Waals surface area contributed by atoms with Crippen molar-refractivity contribution >= 4 is 28.8 Å². The lowest BCUT2D eigenvalue weighted by Gasteiger charge is -2.34. The van der Waals surface area contributed by atoms with E-state index < -0.39 is 0 Å². The molecule has 3 heterocycles. The number of aromatic nitrogens is 1. The fourth-order valence-corrected chi connectivity index (χ4v) is 5.27. The fourth-order valence-electron chi connectivity index (χ4n) is 4.38. The van der Waals surface area contributed by atoms with E-state index in [1.807, 2.05) is 36.9 Å². The van der Waals surface area contributed by atoms with Gasteiger partial charge in [0.05, 0.1) is 16.6 Å². The Morgan fingerprint density at radius 1 is 1.14 bits per heavy atom. The molecule has 0 radical (unpaired) electrons. The van der Waals surface area contributed by atoms with Crippen LogP contribution in [-0.2, 0) is 4.79 Å². The molecule has 0 aliphatic carbocycles. The summed E-state index contributed by atoms with van der Waals surface area (Å²) in [6.45, 7) is 6.53. The van der Waals surface area contributed by atoms with E-state index in [1.165, 1.54) is 11.3 Å². The summed E-state index contributed by atoms with van der Waals surface area (Å²) < 4.78 is 0. The molecule has 0 unspecified atom stereocenters. The van der Waals surface area contributed by atoms with Crippen molar-refractivity contribution in [2.24, 2.45) is 5.92 Å². The number of aryl methyl sites for hydroxylation is 2. The molecule has 2 aliphatic rings. The van der Waals surface area contributed by atoms with E-state index in [4.69, 9.17) is 0 Å². The molecule has 2 amide bonds. The number of rotatable bonds is 2. The minimum Gasteiger partial charge on any atom is -0.366 e. The number of anilines is 1. The van der Waals surface area contributed by atoms with Crippen LogP contribution in [0, 0.1) is 19.8 Å². The lowest BCUT2D eigenvalue weighted by molar-refractivity contribution is -0.125. The molecule has 0 bridgehead atoms.